The predicted molar refractivity (Wildman–Crippen MR) is 57.0 cm³/mol. The molecule has 2 aliphatic rings. The average molecular weight is 252 g/mol. The Labute approximate surface area is 95.5 Å². The first-order chi connectivity index (χ1) is 7.32. The Kier molecular flexibility index (Phi) is 2.98. The number of hydrogen-bond donors (Lipinski definition) is 0. The van der Waals surface area contributed by atoms with Crippen LogP contribution in [0.1, 0.15) is 13.8 Å². The number of rotatable bonds is 2. The topological polar surface area (TPSA) is 49.9 Å². The number of hydrogen-bond acceptors (Lipinski definition) is 4. The van der Waals surface area contributed by atoms with E-state index in [0.29, 0.717) is 19.2 Å². The van der Waals surface area contributed by atoms with Gasteiger partial charge in [-0.05, 0) is 13.8 Å². The van der Waals surface area contributed by atoms with Gasteiger partial charge in [0.15, 0.2) is 0 Å². The number of halogens is 1. The minimum atomic E-state index is -4.54. The fourth-order valence-electron chi connectivity index (χ4n) is 2.26. The van der Waals surface area contributed by atoms with Gasteiger partial charge in [0.2, 0.25) is 0 Å². The summed E-state index contributed by atoms with van der Waals surface area (Å²) in [5.41, 5.74) is -0.484. The van der Waals surface area contributed by atoms with E-state index in [0.717, 1.165) is 10.8 Å². The standard InChI is InChI=1S/C9H17FN2O3S/c1-8(2)11-3-4-15-9(5-11)6-12(7-9)16(10,13)14/h8H,3-7H2,1-2H3. The molecular formula is C9H17FN2O3S. The van der Waals surface area contributed by atoms with Crippen LogP contribution in [0.3, 0.4) is 0 Å². The Morgan fingerprint density at radius 2 is 1.94 bits per heavy atom. The molecular weight excluding hydrogens is 235 g/mol. The molecule has 1 spiro atoms. The van der Waals surface area contributed by atoms with Crippen molar-refractivity contribution in [3.63, 3.8) is 0 Å². The Hall–Kier alpha value is -0.240. The summed E-state index contributed by atoms with van der Waals surface area (Å²) in [6, 6.07) is 0.400. The van der Waals surface area contributed by atoms with Crippen LogP contribution >= 0.6 is 0 Å². The first kappa shape index (κ1) is 12.2. The van der Waals surface area contributed by atoms with Gasteiger partial charge in [0, 0.05) is 32.2 Å². The van der Waals surface area contributed by atoms with E-state index < -0.39 is 16.0 Å². The van der Waals surface area contributed by atoms with Crippen molar-refractivity contribution in [2.45, 2.75) is 25.5 Å². The summed E-state index contributed by atoms with van der Waals surface area (Å²) >= 11 is 0. The number of ether oxygens (including phenoxy) is 1. The van der Waals surface area contributed by atoms with Gasteiger partial charge < -0.3 is 4.74 Å². The summed E-state index contributed by atoms with van der Waals surface area (Å²) in [6.45, 7) is 6.55. The summed E-state index contributed by atoms with van der Waals surface area (Å²) in [6.07, 6.45) is 0. The molecule has 0 saturated carbocycles. The maximum atomic E-state index is 12.7. The van der Waals surface area contributed by atoms with Gasteiger partial charge in [-0.3, -0.25) is 4.90 Å². The first-order valence-electron chi connectivity index (χ1n) is 5.40. The van der Waals surface area contributed by atoms with Gasteiger partial charge in [-0.25, -0.2) is 0 Å². The van der Waals surface area contributed by atoms with Crippen molar-refractivity contribution < 1.29 is 17.0 Å². The molecule has 0 aromatic rings. The maximum Gasteiger partial charge on any atom is 0.374 e. The van der Waals surface area contributed by atoms with Crippen LogP contribution in [0.25, 0.3) is 0 Å². The van der Waals surface area contributed by atoms with E-state index in [2.05, 4.69) is 18.7 Å². The zero-order valence-electron chi connectivity index (χ0n) is 9.52. The molecule has 0 amide bonds. The molecule has 0 atom stereocenters. The van der Waals surface area contributed by atoms with E-state index in [1.807, 2.05) is 0 Å². The maximum absolute atomic E-state index is 12.7. The quantitative estimate of drug-likeness (QED) is 0.649. The molecule has 5 nitrogen and oxygen atoms in total. The molecule has 0 unspecified atom stereocenters. The van der Waals surface area contributed by atoms with Gasteiger partial charge >= 0.3 is 10.4 Å². The molecule has 2 heterocycles. The zero-order valence-corrected chi connectivity index (χ0v) is 10.3. The fraction of sp³-hybridized carbons (Fsp3) is 1.00. The fourth-order valence-corrected chi connectivity index (χ4v) is 3.04. The lowest BCUT2D eigenvalue weighted by atomic mass is 9.94. The smallest absolute Gasteiger partial charge is 0.370 e. The molecule has 94 valence electrons. The van der Waals surface area contributed by atoms with Crippen molar-refractivity contribution in [2.24, 2.45) is 0 Å². The highest BCUT2D eigenvalue weighted by atomic mass is 32.3. The summed E-state index contributed by atoms with van der Waals surface area (Å²) in [7, 11) is -4.54. The monoisotopic (exact) mass is 252 g/mol. The molecule has 0 N–H and O–H groups in total. The molecule has 2 fully saturated rings. The van der Waals surface area contributed by atoms with E-state index in [1.165, 1.54) is 0 Å². The summed E-state index contributed by atoms with van der Waals surface area (Å²) in [5.74, 6) is 0. The highest BCUT2D eigenvalue weighted by Gasteiger charge is 2.51. The summed E-state index contributed by atoms with van der Waals surface area (Å²) in [4.78, 5) is 2.23. The first-order valence-corrected chi connectivity index (χ1v) is 6.74. The average Bonchev–Trinajstić information content (AvgIpc) is 2.12. The molecule has 0 aliphatic carbocycles. The third-order valence-electron chi connectivity index (χ3n) is 3.25. The molecule has 0 radical (unpaired) electrons. The van der Waals surface area contributed by atoms with E-state index in [1.54, 1.807) is 0 Å². The molecule has 2 saturated heterocycles. The molecule has 0 aromatic carbocycles. The van der Waals surface area contributed by atoms with Crippen LogP contribution in [0.2, 0.25) is 0 Å². The van der Waals surface area contributed by atoms with Gasteiger partial charge in [0.05, 0.1) is 6.61 Å². The van der Waals surface area contributed by atoms with Crippen LogP contribution in [0.4, 0.5) is 3.89 Å². The van der Waals surface area contributed by atoms with Crippen LogP contribution in [0.5, 0.6) is 0 Å². The van der Waals surface area contributed by atoms with Gasteiger partial charge in [0.1, 0.15) is 5.60 Å². The lowest BCUT2D eigenvalue weighted by Gasteiger charge is -2.52. The zero-order chi connectivity index (χ0) is 12.0. The highest BCUT2D eigenvalue weighted by Crippen LogP contribution is 2.32. The van der Waals surface area contributed by atoms with Crippen LogP contribution in [-0.2, 0) is 15.1 Å². The molecule has 2 rings (SSSR count). The van der Waals surface area contributed by atoms with Crippen molar-refractivity contribution in [3.8, 4) is 0 Å². The number of nitrogens with zero attached hydrogens (tertiary/aromatic N) is 2. The van der Waals surface area contributed by atoms with Gasteiger partial charge in [-0.1, -0.05) is 3.89 Å². The largest absolute Gasteiger partial charge is 0.374 e. The molecule has 2 aliphatic heterocycles. The van der Waals surface area contributed by atoms with Crippen molar-refractivity contribution in [3.05, 3.63) is 0 Å². The molecule has 0 bridgehead atoms. The summed E-state index contributed by atoms with van der Waals surface area (Å²) in [5, 5.41) is 0. The lowest BCUT2D eigenvalue weighted by Crippen LogP contribution is -2.71. The Morgan fingerprint density at radius 1 is 1.31 bits per heavy atom. The third kappa shape index (κ3) is 2.22. The van der Waals surface area contributed by atoms with Crippen LogP contribution in [-0.4, -0.2) is 62.1 Å². The molecule has 16 heavy (non-hydrogen) atoms. The van der Waals surface area contributed by atoms with Crippen molar-refractivity contribution >= 4 is 10.4 Å². The molecule has 7 heteroatoms. The Morgan fingerprint density at radius 3 is 2.44 bits per heavy atom. The van der Waals surface area contributed by atoms with Crippen molar-refractivity contribution in [1.82, 2.24) is 9.21 Å². The Balaban J connectivity index is 1.97. The van der Waals surface area contributed by atoms with Crippen LogP contribution in [0.15, 0.2) is 0 Å². The summed E-state index contributed by atoms with van der Waals surface area (Å²) < 4.78 is 40.4. The van der Waals surface area contributed by atoms with E-state index in [4.69, 9.17) is 4.74 Å². The van der Waals surface area contributed by atoms with Gasteiger partial charge in [-0.2, -0.15) is 12.7 Å². The third-order valence-corrected chi connectivity index (χ3v) is 4.12. The number of morpholine rings is 1. The Bertz CT molecular complexity index is 365. The minimum Gasteiger partial charge on any atom is -0.370 e. The second kappa shape index (κ2) is 3.90. The van der Waals surface area contributed by atoms with Crippen LogP contribution < -0.4 is 0 Å². The minimum absolute atomic E-state index is 0.134. The van der Waals surface area contributed by atoms with E-state index in [9.17, 15) is 12.3 Å². The van der Waals surface area contributed by atoms with E-state index in [-0.39, 0.29) is 13.1 Å². The second-order valence-corrected chi connectivity index (χ2v) is 6.15. The van der Waals surface area contributed by atoms with E-state index >= 15 is 0 Å². The lowest BCUT2D eigenvalue weighted by molar-refractivity contribution is -0.167. The highest BCUT2D eigenvalue weighted by molar-refractivity contribution is 7.84. The second-order valence-electron chi connectivity index (χ2n) is 4.81. The van der Waals surface area contributed by atoms with Gasteiger partial charge in [-0.15, -0.1) is 0 Å². The van der Waals surface area contributed by atoms with Crippen molar-refractivity contribution in [2.75, 3.05) is 32.8 Å². The normalized spacial score (nSPS) is 27.2. The van der Waals surface area contributed by atoms with Crippen LogP contribution in [0, 0.1) is 0 Å². The van der Waals surface area contributed by atoms with Gasteiger partial charge in [0.25, 0.3) is 0 Å². The van der Waals surface area contributed by atoms with Crippen molar-refractivity contribution in [1.29, 1.82) is 0 Å². The molecule has 0 aromatic heterocycles. The SMILES string of the molecule is CC(C)N1CCOC2(C1)CN(S(=O)(=O)F)C2. The predicted octanol–water partition coefficient (Wildman–Crippen LogP) is -0.00430.